The number of aliphatic hydroxyl groups excluding tert-OH is 1. The van der Waals surface area contributed by atoms with Crippen LogP contribution in [0.1, 0.15) is 37.7 Å². The van der Waals surface area contributed by atoms with Crippen LogP contribution in [0.5, 0.6) is 0 Å². The summed E-state index contributed by atoms with van der Waals surface area (Å²) in [6.07, 6.45) is 5.05. The maximum Gasteiger partial charge on any atom is 0.225 e. The van der Waals surface area contributed by atoms with Gasteiger partial charge in [-0.05, 0) is 44.2 Å². The summed E-state index contributed by atoms with van der Waals surface area (Å²) >= 11 is 0. The molecule has 1 saturated carbocycles. The van der Waals surface area contributed by atoms with Crippen molar-refractivity contribution in [3.05, 3.63) is 35.9 Å². The van der Waals surface area contributed by atoms with E-state index in [-0.39, 0.29) is 18.6 Å². The summed E-state index contributed by atoms with van der Waals surface area (Å²) in [5, 5.41) is 14.2. The van der Waals surface area contributed by atoms with E-state index >= 15 is 0 Å². The Morgan fingerprint density at radius 3 is 2.84 bits per heavy atom. The van der Waals surface area contributed by atoms with Crippen molar-refractivity contribution in [3.63, 3.8) is 0 Å². The molecule has 1 saturated heterocycles. The minimum atomic E-state index is -0.0387. The highest BCUT2D eigenvalue weighted by Crippen LogP contribution is 2.31. The molecule has 2 atom stereocenters. The van der Waals surface area contributed by atoms with Gasteiger partial charge in [-0.25, -0.2) is 4.98 Å². The Bertz CT molecular complexity index is 771. The molecule has 1 aliphatic carbocycles. The van der Waals surface area contributed by atoms with Crippen molar-refractivity contribution < 1.29 is 9.90 Å². The molecule has 2 fully saturated rings. The number of aliphatic hydroxyl groups is 1. The summed E-state index contributed by atoms with van der Waals surface area (Å²) in [4.78, 5) is 19.3. The molecule has 4 rings (SSSR count). The normalized spacial score (nSPS) is 23.3. The molecule has 1 aromatic heterocycles. The summed E-state index contributed by atoms with van der Waals surface area (Å²) < 4.78 is 0. The van der Waals surface area contributed by atoms with Gasteiger partial charge in [0.05, 0.1) is 12.1 Å². The van der Waals surface area contributed by atoms with E-state index in [0.29, 0.717) is 5.91 Å². The van der Waals surface area contributed by atoms with Crippen molar-refractivity contribution in [2.45, 2.75) is 44.8 Å². The fraction of sp³-hybridized carbons (Fsp3) is 0.500. The first-order valence-corrected chi connectivity index (χ1v) is 9.29. The van der Waals surface area contributed by atoms with Gasteiger partial charge in [0.15, 0.2) is 0 Å². The van der Waals surface area contributed by atoms with Crippen molar-refractivity contribution in [3.8, 4) is 0 Å². The largest absolute Gasteiger partial charge is 0.392 e. The lowest BCUT2D eigenvalue weighted by Crippen LogP contribution is -2.33. The topological polar surface area (TPSA) is 65.5 Å². The number of hydrogen-bond acceptors (Lipinski definition) is 4. The summed E-state index contributed by atoms with van der Waals surface area (Å²) in [6, 6.07) is 10.2. The molecule has 5 nitrogen and oxygen atoms in total. The number of carbonyl (C=O) groups excluding carboxylic acids is 1. The van der Waals surface area contributed by atoms with Gasteiger partial charge in [0.25, 0.3) is 0 Å². The minimum Gasteiger partial charge on any atom is -0.392 e. The SMILES string of the molecule is O=C([C@@H]1CC[C@H](Nc2nc3ccccc3cc2CO)C1)N1CCCC1. The number of amides is 1. The van der Waals surface area contributed by atoms with Crippen LogP contribution >= 0.6 is 0 Å². The van der Waals surface area contributed by atoms with Gasteiger partial charge in [-0.2, -0.15) is 0 Å². The summed E-state index contributed by atoms with van der Waals surface area (Å²) in [6.45, 7) is 1.81. The van der Waals surface area contributed by atoms with Crippen molar-refractivity contribution >= 4 is 22.6 Å². The number of anilines is 1. The number of para-hydroxylation sites is 1. The van der Waals surface area contributed by atoms with Crippen molar-refractivity contribution in [1.29, 1.82) is 0 Å². The fourth-order valence-corrected chi connectivity index (χ4v) is 4.13. The second kappa shape index (κ2) is 7.00. The number of nitrogens with one attached hydrogen (secondary N) is 1. The Labute approximate surface area is 148 Å². The number of rotatable bonds is 4. The minimum absolute atomic E-state index is 0.0387. The van der Waals surface area contributed by atoms with Crippen LogP contribution in [-0.4, -0.2) is 40.0 Å². The molecule has 2 aliphatic rings. The molecule has 25 heavy (non-hydrogen) atoms. The van der Waals surface area contributed by atoms with E-state index in [1.54, 1.807) is 0 Å². The van der Waals surface area contributed by atoms with Crippen LogP contribution in [0.25, 0.3) is 10.9 Å². The first kappa shape index (κ1) is 16.3. The van der Waals surface area contributed by atoms with Crippen molar-refractivity contribution in [2.24, 2.45) is 5.92 Å². The van der Waals surface area contributed by atoms with Gasteiger partial charge in [-0.15, -0.1) is 0 Å². The van der Waals surface area contributed by atoms with E-state index in [1.807, 2.05) is 35.2 Å². The van der Waals surface area contributed by atoms with E-state index in [4.69, 9.17) is 4.98 Å². The fourth-order valence-electron chi connectivity index (χ4n) is 4.13. The molecule has 2 heterocycles. The first-order valence-electron chi connectivity index (χ1n) is 9.29. The van der Waals surface area contributed by atoms with E-state index in [2.05, 4.69) is 5.32 Å². The van der Waals surface area contributed by atoms with Crippen LogP contribution in [0.15, 0.2) is 30.3 Å². The number of likely N-dealkylation sites (tertiary alicyclic amines) is 1. The van der Waals surface area contributed by atoms with Gasteiger partial charge in [0.1, 0.15) is 5.82 Å². The van der Waals surface area contributed by atoms with E-state index < -0.39 is 0 Å². The van der Waals surface area contributed by atoms with Crippen LogP contribution in [-0.2, 0) is 11.4 Å². The molecule has 2 N–H and O–H groups in total. The molecule has 1 aromatic carbocycles. The zero-order valence-electron chi connectivity index (χ0n) is 14.4. The standard InChI is InChI=1S/C20H25N3O2/c24-13-16-11-14-5-1-2-6-18(14)22-19(16)21-17-8-7-15(12-17)20(25)23-9-3-4-10-23/h1-2,5-6,11,15,17,24H,3-4,7-10,12-13H2,(H,21,22)/t15-,17+/m1/s1. The van der Waals surface area contributed by atoms with Gasteiger partial charge in [-0.3, -0.25) is 4.79 Å². The smallest absolute Gasteiger partial charge is 0.225 e. The number of pyridine rings is 1. The molecule has 132 valence electrons. The summed E-state index contributed by atoms with van der Waals surface area (Å²) in [7, 11) is 0. The second-order valence-corrected chi connectivity index (χ2v) is 7.23. The predicted molar refractivity (Wildman–Crippen MR) is 98.2 cm³/mol. The Kier molecular flexibility index (Phi) is 4.57. The van der Waals surface area contributed by atoms with Gasteiger partial charge in [0, 0.05) is 36.0 Å². The van der Waals surface area contributed by atoms with Gasteiger partial charge < -0.3 is 15.3 Å². The number of hydrogen-bond donors (Lipinski definition) is 2. The Hall–Kier alpha value is -2.14. The van der Waals surface area contributed by atoms with Crippen molar-refractivity contribution in [1.82, 2.24) is 9.88 Å². The highest BCUT2D eigenvalue weighted by Gasteiger charge is 2.33. The molecular weight excluding hydrogens is 314 g/mol. The predicted octanol–water partition coefficient (Wildman–Crippen LogP) is 2.93. The average Bonchev–Trinajstić information content (AvgIpc) is 3.32. The van der Waals surface area contributed by atoms with E-state index in [1.165, 1.54) is 0 Å². The van der Waals surface area contributed by atoms with Crippen LogP contribution in [0.3, 0.4) is 0 Å². The summed E-state index contributed by atoms with van der Waals surface area (Å²) in [5.41, 5.74) is 1.73. The summed E-state index contributed by atoms with van der Waals surface area (Å²) in [5.74, 6) is 1.21. The Morgan fingerprint density at radius 2 is 2.04 bits per heavy atom. The number of fused-ring (bicyclic) bond motifs is 1. The van der Waals surface area contributed by atoms with Crippen LogP contribution in [0.4, 0.5) is 5.82 Å². The first-order chi connectivity index (χ1) is 12.2. The maximum absolute atomic E-state index is 12.6. The lowest BCUT2D eigenvalue weighted by atomic mass is 10.1. The third-order valence-electron chi connectivity index (χ3n) is 5.51. The van der Waals surface area contributed by atoms with Crippen molar-refractivity contribution in [2.75, 3.05) is 18.4 Å². The lowest BCUT2D eigenvalue weighted by molar-refractivity contribution is -0.134. The van der Waals surface area contributed by atoms with E-state index in [9.17, 15) is 9.90 Å². The Balaban J connectivity index is 1.47. The quantitative estimate of drug-likeness (QED) is 0.899. The van der Waals surface area contributed by atoms with Gasteiger partial charge >= 0.3 is 0 Å². The van der Waals surface area contributed by atoms with E-state index in [0.717, 1.165) is 67.5 Å². The molecular formula is C20H25N3O2. The van der Waals surface area contributed by atoms with Crippen LogP contribution < -0.4 is 5.32 Å². The zero-order valence-corrected chi connectivity index (χ0v) is 14.4. The Morgan fingerprint density at radius 1 is 1.24 bits per heavy atom. The molecule has 0 radical (unpaired) electrons. The average molecular weight is 339 g/mol. The second-order valence-electron chi connectivity index (χ2n) is 7.23. The highest BCUT2D eigenvalue weighted by atomic mass is 16.3. The molecule has 1 aliphatic heterocycles. The van der Waals surface area contributed by atoms with Crippen LogP contribution in [0.2, 0.25) is 0 Å². The molecule has 0 spiro atoms. The van der Waals surface area contributed by atoms with Gasteiger partial charge in [0.2, 0.25) is 5.91 Å². The molecule has 0 bridgehead atoms. The number of carbonyl (C=O) groups is 1. The highest BCUT2D eigenvalue weighted by molar-refractivity contribution is 5.82. The lowest BCUT2D eigenvalue weighted by Gasteiger charge is -2.20. The molecule has 1 amide bonds. The molecule has 2 aromatic rings. The number of benzene rings is 1. The van der Waals surface area contributed by atoms with Gasteiger partial charge in [-0.1, -0.05) is 18.2 Å². The molecule has 0 unspecified atom stereocenters. The number of nitrogens with zero attached hydrogens (tertiary/aromatic N) is 2. The maximum atomic E-state index is 12.6. The third-order valence-corrected chi connectivity index (χ3v) is 5.51. The van der Waals surface area contributed by atoms with Crippen LogP contribution in [0, 0.1) is 5.92 Å². The molecule has 5 heteroatoms. The number of aromatic nitrogens is 1. The third kappa shape index (κ3) is 3.33. The monoisotopic (exact) mass is 339 g/mol. The zero-order chi connectivity index (χ0) is 17.2.